The normalized spacial score (nSPS) is 10.8. The summed E-state index contributed by atoms with van der Waals surface area (Å²) in [5, 5.41) is 1.83. The van der Waals surface area contributed by atoms with Crippen molar-refractivity contribution in [3.05, 3.63) is 100 Å². The van der Waals surface area contributed by atoms with Gasteiger partial charge in [0.2, 0.25) is 0 Å². The van der Waals surface area contributed by atoms with E-state index in [1.165, 1.54) is 31.0 Å². The number of aromatic nitrogens is 1. The number of hydrogen-bond acceptors (Lipinski definition) is 5. The molecule has 32 heavy (non-hydrogen) atoms. The maximum Gasteiger partial charge on any atom is 0.344 e. The van der Waals surface area contributed by atoms with Crippen LogP contribution in [0.3, 0.4) is 0 Å². The molecule has 0 saturated heterocycles. The predicted molar refractivity (Wildman–Crippen MR) is 125 cm³/mol. The predicted octanol–water partition coefficient (Wildman–Crippen LogP) is 6.69. The van der Waals surface area contributed by atoms with E-state index in [0.29, 0.717) is 32.5 Å². The average molecular weight is 468 g/mol. The molecule has 3 aromatic carbocycles. The van der Waals surface area contributed by atoms with Crippen molar-refractivity contribution in [3.63, 3.8) is 0 Å². The standard InChI is InChI=1S/C25H19ClFNO3S/c1-30-25(29)22-23(31-14-16-10-12-18(27)13-11-16)19-7-3-5-9-21(19)28-24(22)32-15-17-6-2-4-8-20(17)26/h2-13H,14-15H2,1H3. The minimum Gasteiger partial charge on any atom is -0.487 e. The molecule has 1 aromatic heterocycles. The summed E-state index contributed by atoms with van der Waals surface area (Å²) in [6, 6.07) is 21.0. The first kappa shape index (κ1) is 22.1. The molecule has 0 saturated carbocycles. The van der Waals surface area contributed by atoms with Gasteiger partial charge in [-0.1, -0.05) is 54.1 Å². The number of pyridine rings is 1. The summed E-state index contributed by atoms with van der Waals surface area (Å²) in [5.41, 5.74) is 2.65. The molecule has 0 amide bonds. The Morgan fingerprint density at radius 2 is 1.75 bits per heavy atom. The van der Waals surface area contributed by atoms with Crippen LogP contribution in [0.15, 0.2) is 77.8 Å². The minimum absolute atomic E-state index is 0.160. The number of hydrogen-bond donors (Lipinski definition) is 0. The van der Waals surface area contributed by atoms with E-state index in [-0.39, 0.29) is 18.0 Å². The minimum atomic E-state index is -0.543. The van der Waals surface area contributed by atoms with Gasteiger partial charge in [0.15, 0.2) is 0 Å². The Bertz CT molecular complexity index is 1260. The van der Waals surface area contributed by atoms with Crippen molar-refractivity contribution in [2.24, 2.45) is 0 Å². The van der Waals surface area contributed by atoms with E-state index in [1.54, 1.807) is 12.1 Å². The maximum absolute atomic E-state index is 13.3. The second kappa shape index (κ2) is 10.0. The van der Waals surface area contributed by atoms with Crippen molar-refractivity contribution in [3.8, 4) is 5.75 Å². The van der Waals surface area contributed by atoms with Crippen LogP contribution >= 0.6 is 23.4 Å². The molecule has 0 unspecified atom stereocenters. The second-order valence-corrected chi connectivity index (χ2v) is 8.30. The van der Waals surface area contributed by atoms with E-state index in [9.17, 15) is 9.18 Å². The van der Waals surface area contributed by atoms with E-state index in [4.69, 9.17) is 26.1 Å². The molecule has 0 radical (unpaired) electrons. The molecule has 0 atom stereocenters. The smallest absolute Gasteiger partial charge is 0.344 e. The Hall–Kier alpha value is -3.09. The van der Waals surface area contributed by atoms with Gasteiger partial charge in [0.25, 0.3) is 0 Å². The molecule has 4 nitrogen and oxygen atoms in total. The molecule has 0 aliphatic carbocycles. The number of nitrogens with zero attached hydrogens (tertiary/aromatic N) is 1. The molecule has 4 aromatic rings. The highest BCUT2D eigenvalue weighted by Crippen LogP contribution is 2.38. The molecule has 0 aliphatic heterocycles. The number of halogens is 2. The van der Waals surface area contributed by atoms with Crippen molar-refractivity contribution in [2.75, 3.05) is 7.11 Å². The van der Waals surface area contributed by atoms with Gasteiger partial charge in [-0.25, -0.2) is 14.2 Å². The van der Waals surface area contributed by atoms with Crippen LogP contribution in [0, 0.1) is 5.82 Å². The number of fused-ring (bicyclic) bond motifs is 1. The van der Waals surface area contributed by atoms with Crippen LogP contribution in [0.1, 0.15) is 21.5 Å². The maximum atomic E-state index is 13.3. The van der Waals surface area contributed by atoms with Crippen molar-refractivity contribution in [1.29, 1.82) is 0 Å². The second-order valence-electron chi connectivity index (χ2n) is 6.93. The summed E-state index contributed by atoms with van der Waals surface area (Å²) in [6.07, 6.45) is 0. The fourth-order valence-electron chi connectivity index (χ4n) is 3.19. The van der Waals surface area contributed by atoms with Gasteiger partial charge in [0, 0.05) is 16.2 Å². The van der Waals surface area contributed by atoms with E-state index in [0.717, 1.165) is 11.1 Å². The number of carbonyl (C=O) groups is 1. The zero-order valence-corrected chi connectivity index (χ0v) is 18.8. The lowest BCUT2D eigenvalue weighted by atomic mass is 10.1. The highest BCUT2D eigenvalue weighted by molar-refractivity contribution is 7.98. The van der Waals surface area contributed by atoms with Crippen molar-refractivity contribution in [2.45, 2.75) is 17.4 Å². The highest BCUT2D eigenvalue weighted by atomic mass is 35.5. The molecular formula is C25H19ClFNO3S. The van der Waals surface area contributed by atoms with Crippen LogP contribution in [0.2, 0.25) is 5.02 Å². The zero-order valence-electron chi connectivity index (χ0n) is 17.2. The molecule has 0 N–H and O–H groups in total. The Kier molecular flexibility index (Phi) is 6.93. The highest BCUT2D eigenvalue weighted by Gasteiger charge is 2.24. The zero-order chi connectivity index (χ0) is 22.5. The first-order valence-electron chi connectivity index (χ1n) is 9.81. The fourth-order valence-corrected chi connectivity index (χ4v) is 4.50. The number of esters is 1. The van der Waals surface area contributed by atoms with Gasteiger partial charge in [0.1, 0.15) is 28.8 Å². The Morgan fingerprint density at radius 1 is 1.03 bits per heavy atom. The first-order valence-corrected chi connectivity index (χ1v) is 11.2. The summed E-state index contributed by atoms with van der Waals surface area (Å²) in [4.78, 5) is 17.5. The van der Waals surface area contributed by atoms with Crippen molar-refractivity contribution >= 4 is 40.2 Å². The summed E-state index contributed by atoms with van der Waals surface area (Å²) in [7, 11) is 1.32. The van der Waals surface area contributed by atoms with Gasteiger partial charge >= 0.3 is 5.97 Å². The Labute approximate surface area is 194 Å². The van der Waals surface area contributed by atoms with Gasteiger partial charge in [-0.15, -0.1) is 11.8 Å². The molecule has 0 aliphatic rings. The number of ether oxygens (including phenoxy) is 2. The van der Waals surface area contributed by atoms with Crippen molar-refractivity contribution in [1.82, 2.24) is 4.98 Å². The number of thioether (sulfide) groups is 1. The quantitative estimate of drug-likeness (QED) is 0.224. The summed E-state index contributed by atoms with van der Waals surface area (Å²) in [5.74, 6) is 0.0379. The Morgan fingerprint density at radius 3 is 2.50 bits per heavy atom. The average Bonchev–Trinajstić information content (AvgIpc) is 2.82. The van der Waals surface area contributed by atoms with Crippen LogP contribution < -0.4 is 4.74 Å². The topological polar surface area (TPSA) is 48.4 Å². The number of methoxy groups -OCH3 is 1. The third kappa shape index (κ3) is 4.87. The van der Waals surface area contributed by atoms with E-state index < -0.39 is 5.97 Å². The molecule has 0 bridgehead atoms. The monoisotopic (exact) mass is 467 g/mol. The summed E-state index contributed by atoms with van der Waals surface area (Å²) >= 11 is 7.68. The summed E-state index contributed by atoms with van der Waals surface area (Å²) in [6.45, 7) is 0.160. The third-order valence-corrected chi connectivity index (χ3v) is 6.21. The van der Waals surface area contributed by atoms with Crippen LogP contribution in [0.5, 0.6) is 5.75 Å². The largest absolute Gasteiger partial charge is 0.487 e. The van der Waals surface area contributed by atoms with Gasteiger partial charge < -0.3 is 9.47 Å². The SMILES string of the molecule is COC(=O)c1c(SCc2ccccc2Cl)nc2ccccc2c1OCc1ccc(F)cc1. The van der Waals surface area contributed by atoms with Gasteiger partial charge in [-0.05, 0) is 41.5 Å². The van der Waals surface area contributed by atoms with Gasteiger partial charge in [0.05, 0.1) is 12.6 Å². The Balaban J connectivity index is 1.76. The first-order chi connectivity index (χ1) is 15.6. The molecule has 0 spiro atoms. The molecule has 7 heteroatoms. The number of rotatable bonds is 7. The lowest BCUT2D eigenvalue weighted by Crippen LogP contribution is -2.10. The fraction of sp³-hybridized carbons (Fsp3) is 0.120. The van der Waals surface area contributed by atoms with Crippen LogP contribution in [-0.4, -0.2) is 18.1 Å². The van der Waals surface area contributed by atoms with Crippen LogP contribution in [-0.2, 0) is 17.1 Å². The van der Waals surface area contributed by atoms with Gasteiger partial charge in [-0.2, -0.15) is 0 Å². The molecule has 4 rings (SSSR count). The van der Waals surface area contributed by atoms with E-state index in [1.807, 2.05) is 48.5 Å². The number of para-hydroxylation sites is 1. The third-order valence-electron chi connectivity index (χ3n) is 4.82. The molecule has 162 valence electrons. The van der Waals surface area contributed by atoms with Crippen molar-refractivity contribution < 1.29 is 18.7 Å². The van der Waals surface area contributed by atoms with Crippen LogP contribution in [0.25, 0.3) is 10.9 Å². The van der Waals surface area contributed by atoms with E-state index >= 15 is 0 Å². The van der Waals surface area contributed by atoms with E-state index in [2.05, 4.69) is 0 Å². The molecule has 1 heterocycles. The molecular weight excluding hydrogens is 449 g/mol. The lowest BCUT2D eigenvalue weighted by molar-refractivity contribution is 0.0590. The summed E-state index contributed by atoms with van der Waals surface area (Å²) < 4.78 is 24.4. The van der Waals surface area contributed by atoms with Gasteiger partial charge in [-0.3, -0.25) is 0 Å². The molecule has 0 fully saturated rings. The number of benzene rings is 3. The lowest BCUT2D eigenvalue weighted by Gasteiger charge is -2.16. The van der Waals surface area contributed by atoms with Crippen LogP contribution in [0.4, 0.5) is 4.39 Å². The number of carbonyl (C=O) groups excluding carboxylic acids is 1.